The molecule has 0 saturated heterocycles. The van der Waals surface area contributed by atoms with Gasteiger partial charge in [0.2, 0.25) is 0 Å². The van der Waals surface area contributed by atoms with E-state index in [1.165, 1.54) is 17.3 Å². The van der Waals surface area contributed by atoms with Gasteiger partial charge in [0.25, 0.3) is 5.91 Å². The molecule has 2 atom stereocenters. The third-order valence-electron chi connectivity index (χ3n) is 3.71. The molecule has 0 aliphatic carbocycles. The Morgan fingerprint density at radius 2 is 2.05 bits per heavy atom. The second-order valence-corrected chi connectivity index (χ2v) is 6.24. The summed E-state index contributed by atoms with van der Waals surface area (Å²) in [7, 11) is 0. The molecule has 0 spiro atoms. The highest BCUT2D eigenvalue weighted by molar-refractivity contribution is 8.04. The van der Waals surface area contributed by atoms with Crippen LogP contribution in [0.4, 0.5) is 0 Å². The molecule has 0 aromatic heterocycles. The van der Waals surface area contributed by atoms with Crippen molar-refractivity contribution in [3.8, 4) is 0 Å². The summed E-state index contributed by atoms with van der Waals surface area (Å²) in [4.78, 5) is 12.4. The predicted molar refractivity (Wildman–Crippen MR) is 83.6 cm³/mol. The van der Waals surface area contributed by atoms with Gasteiger partial charge >= 0.3 is 0 Å². The highest BCUT2D eigenvalue weighted by Gasteiger charge is 2.34. The molecule has 0 radical (unpaired) electrons. The minimum Gasteiger partial charge on any atom is -0.509 e. The average Bonchev–Trinajstić information content (AvgIpc) is 2.75. The number of aryl methyl sites for hydroxylation is 1. The van der Waals surface area contributed by atoms with Crippen molar-refractivity contribution in [1.29, 1.82) is 0 Å². The van der Waals surface area contributed by atoms with Crippen LogP contribution in [0.3, 0.4) is 0 Å². The predicted octanol–water partition coefficient (Wildman–Crippen LogP) is 3.28. The topological polar surface area (TPSA) is 49.3 Å². The van der Waals surface area contributed by atoms with Gasteiger partial charge in [-0.3, -0.25) is 4.79 Å². The number of carbonyl (C=O) groups excluding carboxylic acids is 1. The highest BCUT2D eigenvalue weighted by Crippen LogP contribution is 2.30. The summed E-state index contributed by atoms with van der Waals surface area (Å²) in [6.45, 7) is 4.10. The van der Waals surface area contributed by atoms with Crippen molar-refractivity contribution < 1.29 is 9.90 Å². The monoisotopic (exact) mass is 291 g/mol. The summed E-state index contributed by atoms with van der Waals surface area (Å²) in [5.41, 5.74) is 1.25. The Kier molecular flexibility index (Phi) is 5.12. The first-order chi connectivity index (χ1) is 9.63. The van der Waals surface area contributed by atoms with Gasteiger partial charge in [0.15, 0.2) is 0 Å². The van der Waals surface area contributed by atoms with Crippen LogP contribution in [0.25, 0.3) is 0 Å². The van der Waals surface area contributed by atoms with Crippen LogP contribution >= 0.6 is 11.8 Å². The van der Waals surface area contributed by atoms with Crippen molar-refractivity contribution in [2.24, 2.45) is 5.92 Å². The minimum atomic E-state index is -0.216. The van der Waals surface area contributed by atoms with Crippen LogP contribution in [0, 0.1) is 5.92 Å². The molecule has 1 heterocycles. The van der Waals surface area contributed by atoms with Crippen LogP contribution in [0.1, 0.15) is 25.8 Å². The third kappa shape index (κ3) is 3.37. The van der Waals surface area contributed by atoms with Crippen LogP contribution in [0.15, 0.2) is 41.0 Å². The Morgan fingerprint density at radius 1 is 1.35 bits per heavy atom. The van der Waals surface area contributed by atoms with E-state index < -0.39 is 0 Å². The number of amides is 1. The zero-order valence-electron chi connectivity index (χ0n) is 11.9. The fourth-order valence-electron chi connectivity index (χ4n) is 2.24. The Hall–Kier alpha value is -1.42. The lowest BCUT2D eigenvalue weighted by Crippen LogP contribution is -2.34. The summed E-state index contributed by atoms with van der Waals surface area (Å²) in [5.74, 6) is 1.14. The summed E-state index contributed by atoms with van der Waals surface area (Å²) in [5, 5.41) is 13.1. The lowest BCUT2D eigenvalue weighted by molar-refractivity contribution is -0.116. The second-order valence-electron chi connectivity index (χ2n) is 5.14. The molecular weight excluding hydrogens is 270 g/mol. The smallest absolute Gasteiger partial charge is 0.261 e. The van der Waals surface area contributed by atoms with Crippen molar-refractivity contribution in [2.75, 3.05) is 5.75 Å². The Balaban J connectivity index is 1.94. The average molecular weight is 291 g/mol. The maximum atomic E-state index is 11.9. The van der Waals surface area contributed by atoms with Crippen LogP contribution in [0.5, 0.6) is 0 Å². The number of carbonyl (C=O) groups is 1. The molecule has 0 fully saturated rings. The number of nitrogens with one attached hydrogen (secondary N) is 1. The first-order valence-corrected chi connectivity index (χ1v) is 8.02. The van der Waals surface area contributed by atoms with Gasteiger partial charge < -0.3 is 10.4 Å². The van der Waals surface area contributed by atoms with Crippen molar-refractivity contribution in [3.63, 3.8) is 0 Å². The molecule has 1 aliphatic rings. The summed E-state index contributed by atoms with van der Waals surface area (Å²) in [6, 6.07) is 9.95. The first-order valence-electron chi connectivity index (χ1n) is 7.04. The van der Waals surface area contributed by atoms with Crippen molar-refractivity contribution >= 4 is 17.7 Å². The van der Waals surface area contributed by atoms with Crippen LogP contribution in [-0.2, 0) is 11.2 Å². The van der Waals surface area contributed by atoms with E-state index in [2.05, 4.69) is 24.4 Å². The molecule has 3 nitrogen and oxygen atoms in total. The van der Waals surface area contributed by atoms with Gasteiger partial charge in [-0.05, 0) is 17.9 Å². The molecule has 2 unspecified atom stereocenters. The number of hydrogen-bond donors (Lipinski definition) is 2. The van der Waals surface area contributed by atoms with E-state index in [0.29, 0.717) is 4.91 Å². The van der Waals surface area contributed by atoms with E-state index in [0.717, 1.165) is 18.6 Å². The van der Waals surface area contributed by atoms with Crippen molar-refractivity contribution in [1.82, 2.24) is 5.32 Å². The fraction of sp³-hybridized carbons (Fsp3) is 0.438. The summed E-state index contributed by atoms with van der Waals surface area (Å²) < 4.78 is 0. The van der Waals surface area contributed by atoms with Gasteiger partial charge in [-0.2, -0.15) is 0 Å². The normalized spacial score (nSPS) is 20.1. The minimum absolute atomic E-state index is 0.133. The summed E-state index contributed by atoms with van der Waals surface area (Å²) >= 11 is 1.44. The third-order valence-corrected chi connectivity index (χ3v) is 4.80. The van der Waals surface area contributed by atoms with Crippen LogP contribution in [0.2, 0.25) is 0 Å². The number of benzene rings is 1. The Bertz CT molecular complexity index is 498. The van der Waals surface area contributed by atoms with Crippen molar-refractivity contribution in [2.45, 2.75) is 32.7 Å². The van der Waals surface area contributed by atoms with Gasteiger partial charge in [-0.1, -0.05) is 50.6 Å². The second kappa shape index (κ2) is 6.84. The Labute approximate surface area is 124 Å². The molecule has 1 amide bonds. The SMILES string of the molecule is CCC(C)C1NC(=O)C(SCCc2ccccc2)=C1O. The molecule has 20 heavy (non-hydrogen) atoms. The maximum Gasteiger partial charge on any atom is 0.261 e. The highest BCUT2D eigenvalue weighted by atomic mass is 32.2. The molecule has 1 aromatic carbocycles. The zero-order valence-corrected chi connectivity index (χ0v) is 12.7. The molecule has 1 aliphatic heterocycles. The number of aliphatic hydroxyl groups excluding tert-OH is 1. The summed E-state index contributed by atoms with van der Waals surface area (Å²) in [6.07, 6.45) is 1.82. The van der Waals surface area contributed by atoms with Crippen molar-refractivity contribution in [3.05, 3.63) is 46.6 Å². The quantitative estimate of drug-likeness (QED) is 0.845. The molecular formula is C16H21NO2S. The number of thioether (sulfide) groups is 1. The van der Waals surface area contributed by atoms with E-state index >= 15 is 0 Å². The first kappa shape index (κ1) is 15.0. The van der Waals surface area contributed by atoms with Gasteiger partial charge in [-0.25, -0.2) is 0 Å². The van der Waals surface area contributed by atoms with E-state index in [1.54, 1.807) is 0 Å². The van der Waals surface area contributed by atoms with E-state index in [4.69, 9.17) is 0 Å². The lowest BCUT2D eigenvalue weighted by Gasteiger charge is -2.17. The molecule has 2 rings (SSSR count). The molecule has 108 valence electrons. The number of aliphatic hydroxyl groups is 1. The van der Waals surface area contributed by atoms with Crippen LogP contribution < -0.4 is 5.32 Å². The molecule has 0 saturated carbocycles. The zero-order chi connectivity index (χ0) is 14.5. The number of hydrogen-bond acceptors (Lipinski definition) is 3. The van der Waals surface area contributed by atoms with Gasteiger partial charge in [0, 0.05) is 5.75 Å². The Morgan fingerprint density at radius 3 is 2.70 bits per heavy atom. The molecule has 1 aromatic rings. The largest absolute Gasteiger partial charge is 0.509 e. The fourth-order valence-corrected chi connectivity index (χ4v) is 3.24. The van der Waals surface area contributed by atoms with Gasteiger partial charge in [0.1, 0.15) is 10.7 Å². The van der Waals surface area contributed by atoms with E-state index in [-0.39, 0.29) is 23.6 Å². The lowest BCUT2D eigenvalue weighted by atomic mass is 9.99. The maximum absolute atomic E-state index is 11.9. The van der Waals surface area contributed by atoms with Gasteiger partial charge in [-0.15, -0.1) is 11.8 Å². The van der Waals surface area contributed by atoms with Crippen LogP contribution in [-0.4, -0.2) is 22.8 Å². The number of rotatable bonds is 6. The van der Waals surface area contributed by atoms with E-state index in [1.807, 2.05) is 25.1 Å². The van der Waals surface area contributed by atoms with Gasteiger partial charge in [0.05, 0.1) is 6.04 Å². The standard InChI is InChI=1S/C16H21NO2S/c1-3-11(2)13-14(18)15(16(19)17-13)20-10-9-12-7-5-4-6-8-12/h4-8,11,13,18H,3,9-10H2,1-2H3,(H,17,19). The molecule has 4 heteroatoms. The molecule has 2 N–H and O–H groups in total. The van der Waals surface area contributed by atoms with E-state index in [9.17, 15) is 9.90 Å². The molecule has 0 bridgehead atoms.